The highest BCUT2D eigenvalue weighted by Gasteiger charge is 2.10. The van der Waals surface area contributed by atoms with Gasteiger partial charge in [0.1, 0.15) is 5.82 Å². The normalized spacial score (nSPS) is 12.9. The molecule has 0 saturated carbocycles. The van der Waals surface area contributed by atoms with E-state index < -0.39 is 11.9 Å². The molecule has 3 nitrogen and oxygen atoms in total. The standard InChI is InChI=1S/C11H12FNO2/c12-10-5-2-8(3-6-10)1-4-9(7-13)11(14)15/h1-6,9H,7,13H2,(H,14,15)/b4-1+. The molecule has 3 N–H and O–H groups in total. The number of carboxylic acids is 1. The molecule has 1 rings (SSSR count). The van der Waals surface area contributed by atoms with Crippen molar-refractivity contribution in [2.45, 2.75) is 0 Å². The zero-order valence-corrected chi connectivity index (χ0v) is 8.06. The molecule has 0 fully saturated rings. The van der Waals surface area contributed by atoms with Crippen LogP contribution in [0.1, 0.15) is 5.56 Å². The summed E-state index contributed by atoms with van der Waals surface area (Å²) in [5, 5.41) is 8.70. The summed E-state index contributed by atoms with van der Waals surface area (Å²) < 4.78 is 12.5. The Labute approximate surface area is 87.0 Å². The molecule has 0 aliphatic carbocycles. The van der Waals surface area contributed by atoms with Gasteiger partial charge in [-0.05, 0) is 17.7 Å². The lowest BCUT2D eigenvalue weighted by molar-refractivity contribution is -0.139. The van der Waals surface area contributed by atoms with Crippen LogP contribution >= 0.6 is 0 Å². The minimum Gasteiger partial charge on any atom is -0.481 e. The Morgan fingerprint density at radius 2 is 2.07 bits per heavy atom. The molecule has 0 aliphatic heterocycles. The summed E-state index contributed by atoms with van der Waals surface area (Å²) in [6.07, 6.45) is 3.11. The molecule has 4 heteroatoms. The Balaban J connectivity index is 2.72. The predicted octanol–water partition coefficient (Wildman–Crippen LogP) is 1.50. The maximum atomic E-state index is 12.5. The number of rotatable bonds is 4. The van der Waals surface area contributed by atoms with E-state index in [2.05, 4.69) is 0 Å². The van der Waals surface area contributed by atoms with Gasteiger partial charge in [-0.15, -0.1) is 0 Å². The van der Waals surface area contributed by atoms with Gasteiger partial charge in [0.2, 0.25) is 0 Å². The summed E-state index contributed by atoms with van der Waals surface area (Å²) in [7, 11) is 0. The fourth-order valence-corrected chi connectivity index (χ4v) is 1.06. The second-order valence-corrected chi connectivity index (χ2v) is 3.09. The highest BCUT2D eigenvalue weighted by Crippen LogP contribution is 2.07. The van der Waals surface area contributed by atoms with Crippen LogP contribution < -0.4 is 5.73 Å². The molecule has 0 aromatic heterocycles. The van der Waals surface area contributed by atoms with E-state index in [1.807, 2.05) is 0 Å². The third-order valence-corrected chi connectivity index (χ3v) is 1.96. The molecule has 1 aromatic carbocycles. The first kappa shape index (κ1) is 11.4. The van der Waals surface area contributed by atoms with Gasteiger partial charge >= 0.3 is 5.97 Å². The van der Waals surface area contributed by atoms with Crippen molar-refractivity contribution in [3.05, 3.63) is 41.7 Å². The third kappa shape index (κ3) is 3.52. The van der Waals surface area contributed by atoms with Gasteiger partial charge in [-0.1, -0.05) is 24.3 Å². The number of carboxylic acid groups (broad SMARTS) is 1. The Morgan fingerprint density at radius 3 is 2.53 bits per heavy atom. The fraction of sp³-hybridized carbons (Fsp3) is 0.182. The molecule has 1 atom stereocenters. The molecule has 0 aliphatic rings. The van der Waals surface area contributed by atoms with E-state index in [0.717, 1.165) is 5.56 Å². The summed E-state index contributed by atoms with van der Waals surface area (Å²) in [4.78, 5) is 10.6. The molecule has 1 unspecified atom stereocenters. The summed E-state index contributed by atoms with van der Waals surface area (Å²) >= 11 is 0. The smallest absolute Gasteiger partial charge is 0.311 e. The molecule has 1 aromatic rings. The lowest BCUT2D eigenvalue weighted by atomic mass is 10.1. The van der Waals surface area contributed by atoms with Crippen LogP contribution in [-0.2, 0) is 4.79 Å². The van der Waals surface area contributed by atoms with Crippen LogP contribution in [0.5, 0.6) is 0 Å². The second kappa shape index (κ2) is 5.26. The maximum Gasteiger partial charge on any atom is 0.311 e. The van der Waals surface area contributed by atoms with Crippen LogP contribution in [0.2, 0.25) is 0 Å². The third-order valence-electron chi connectivity index (χ3n) is 1.96. The molecular weight excluding hydrogens is 197 g/mol. The van der Waals surface area contributed by atoms with Gasteiger partial charge in [-0.2, -0.15) is 0 Å². The van der Waals surface area contributed by atoms with Gasteiger partial charge < -0.3 is 10.8 Å². The van der Waals surface area contributed by atoms with Gasteiger partial charge in [-0.3, -0.25) is 4.79 Å². The average Bonchev–Trinajstić information content (AvgIpc) is 2.21. The van der Waals surface area contributed by atoms with Gasteiger partial charge in [0.15, 0.2) is 0 Å². The Bertz CT molecular complexity index is 359. The fourth-order valence-electron chi connectivity index (χ4n) is 1.06. The molecule has 15 heavy (non-hydrogen) atoms. The molecule has 80 valence electrons. The first-order valence-electron chi connectivity index (χ1n) is 4.50. The van der Waals surface area contributed by atoms with Gasteiger partial charge in [0, 0.05) is 6.54 Å². The van der Waals surface area contributed by atoms with Crippen LogP contribution in [0.4, 0.5) is 4.39 Å². The summed E-state index contributed by atoms with van der Waals surface area (Å²) in [5.74, 6) is -1.98. The zero-order chi connectivity index (χ0) is 11.3. The number of halogens is 1. The number of aliphatic carboxylic acids is 1. The van der Waals surface area contributed by atoms with E-state index in [0.29, 0.717) is 0 Å². The Morgan fingerprint density at radius 1 is 1.47 bits per heavy atom. The molecule has 0 amide bonds. The lowest BCUT2D eigenvalue weighted by Gasteiger charge is -2.02. The van der Waals surface area contributed by atoms with E-state index in [1.54, 1.807) is 18.2 Å². The number of hydrogen-bond acceptors (Lipinski definition) is 2. The van der Waals surface area contributed by atoms with Crippen LogP contribution in [0, 0.1) is 11.7 Å². The number of hydrogen-bond donors (Lipinski definition) is 2. The van der Waals surface area contributed by atoms with Crippen LogP contribution in [0.3, 0.4) is 0 Å². The number of nitrogens with two attached hydrogens (primary N) is 1. The second-order valence-electron chi connectivity index (χ2n) is 3.09. The van der Waals surface area contributed by atoms with Crippen molar-refractivity contribution in [3.63, 3.8) is 0 Å². The number of carbonyl (C=O) groups is 1. The highest BCUT2D eigenvalue weighted by molar-refractivity contribution is 5.74. The maximum absolute atomic E-state index is 12.5. The number of benzene rings is 1. The Hall–Kier alpha value is -1.68. The van der Waals surface area contributed by atoms with E-state index in [1.165, 1.54) is 18.2 Å². The molecule has 0 spiro atoms. The van der Waals surface area contributed by atoms with Gasteiger partial charge in [-0.25, -0.2) is 4.39 Å². The highest BCUT2D eigenvalue weighted by atomic mass is 19.1. The van der Waals surface area contributed by atoms with Crippen LogP contribution in [-0.4, -0.2) is 17.6 Å². The van der Waals surface area contributed by atoms with Crippen molar-refractivity contribution in [3.8, 4) is 0 Å². The average molecular weight is 209 g/mol. The topological polar surface area (TPSA) is 63.3 Å². The van der Waals surface area contributed by atoms with E-state index in [4.69, 9.17) is 10.8 Å². The zero-order valence-electron chi connectivity index (χ0n) is 8.06. The SMILES string of the molecule is NCC(/C=C/c1ccc(F)cc1)C(=O)O. The monoisotopic (exact) mass is 209 g/mol. The molecule has 0 radical (unpaired) electrons. The van der Waals surface area contributed by atoms with Crippen molar-refractivity contribution in [1.29, 1.82) is 0 Å². The van der Waals surface area contributed by atoms with E-state index in [-0.39, 0.29) is 12.4 Å². The lowest BCUT2D eigenvalue weighted by Crippen LogP contribution is -2.20. The molecule has 0 saturated heterocycles. The molecule has 0 heterocycles. The van der Waals surface area contributed by atoms with Crippen molar-refractivity contribution < 1.29 is 14.3 Å². The summed E-state index contributed by atoms with van der Waals surface area (Å²) in [6.45, 7) is 0.0486. The summed E-state index contributed by atoms with van der Waals surface area (Å²) in [6, 6.07) is 5.78. The van der Waals surface area contributed by atoms with E-state index >= 15 is 0 Å². The van der Waals surface area contributed by atoms with E-state index in [9.17, 15) is 9.18 Å². The summed E-state index contributed by atoms with van der Waals surface area (Å²) in [5.41, 5.74) is 6.02. The predicted molar refractivity (Wildman–Crippen MR) is 55.6 cm³/mol. The minimum absolute atomic E-state index is 0.0486. The largest absolute Gasteiger partial charge is 0.481 e. The quantitative estimate of drug-likeness (QED) is 0.789. The van der Waals surface area contributed by atoms with Crippen molar-refractivity contribution in [2.75, 3.05) is 6.54 Å². The first-order chi connectivity index (χ1) is 7.13. The molecular formula is C11H12FNO2. The van der Waals surface area contributed by atoms with Crippen molar-refractivity contribution >= 4 is 12.0 Å². The van der Waals surface area contributed by atoms with Crippen molar-refractivity contribution in [1.82, 2.24) is 0 Å². The van der Waals surface area contributed by atoms with Crippen LogP contribution in [0.25, 0.3) is 6.08 Å². The van der Waals surface area contributed by atoms with Crippen LogP contribution in [0.15, 0.2) is 30.3 Å². The first-order valence-corrected chi connectivity index (χ1v) is 4.50. The minimum atomic E-state index is -0.962. The Kier molecular flexibility index (Phi) is 4.00. The van der Waals surface area contributed by atoms with Gasteiger partial charge in [0.25, 0.3) is 0 Å². The molecule has 0 bridgehead atoms. The van der Waals surface area contributed by atoms with Crippen molar-refractivity contribution in [2.24, 2.45) is 11.7 Å². The van der Waals surface area contributed by atoms with Gasteiger partial charge in [0.05, 0.1) is 5.92 Å².